The molecule has 0 aromatic heterocycles. The first kappa shape index (κ1) is 9.05. The third-order valence-corrected chi connectivity index (χ3v) is 3.52. The second-order valence-electron chi connectivity index (χ2n) is 4.65. The standard InChI is InChI=1S/C10H21N/c1-8-7-9(11-4)5-6-10(8,2)3/h8-9,11H,5-7H2,1-4H3. The van der Waals surface area contributed by atoms with Gasteiger partial charge in [-0.2, -0.15) is 0 Å². The van der Waals surface area contributed by atoms with Crippen LogP contribution in [0.2, 0.25) is 0 Å². The Labute approximate surface area is 70.6 Å². The molecule has 1 aliphatic rings. The largest absolute Gasteiger partial charge is 0.317 e. The fraction of sp³-hybridized carbons (Fsp3) is 1.00. The molecule has 0 saturated heterocycles. The van der Waals surface area contributed by atoms with Gasteiger partial charge < -0.3 is 5.32 Å². The second kappa shape index (κ2) is 3.14. The Morgan fingerprint density at radius 2 is 2.00 bits per heavy atom. The van der Waals surface area contributed by atoms with E-state index >= 15 is 0 Å². The molecule has 0 heterocycles. The van der Waals surface area contributed by atoms with Crippen LogP contribution in [-0.4, -0.2) is 13.1 Å². The van der Waals surface area contributed by atoms with Crippen LogP contribution in [-0.2, 0) is 0 Å². The minimum Gasteiger partial charge on any atom is -0.317 e. The van der Waals surface area contributed by atoms with Crippen LogP contribution < -0.4 is 5.32 Å². The summed E-state index contributed by atoms with van der Waals surface area (Å²) in [6, 6.07) is 0.776. The lowest BCUT2D eigenvalue weighted by Crippen LogP contribution is -2.38. The summed E-state index contributed by atoms with van der Waals surface area (Å²) in [7, 11) is 2.08. The van der Waals surface area contributed by atoms with Gasteiger partial charge in [-0.15, -0.1) is 0 Å². The van der Waals surface area contributed by atoms with Gasteiger partial charge in [0.25, 0.3) is 0 Å². The Hall–Kier alpha value is -0.0400. The van der Waals surface area contributed by atoms with Gasteiger partial charge in [-0.05, 0) is 37.6 Å². The van der Waals surface area contributed by atoms with Gasteiger partial charge in [-0.3, -0.25) is 0 Å². The van der Waals surface area contributed by atoms with Crippen molar-refractivity contribution in [3.8, 4) is 0 Å². The Morgan fingerprint density at radius 1 is 1.36 bits per heavy atom. The van der Waals surface area contributed by atoms with Crippen molar-refractivity contribution in [1.29, 1.82) is 0 Å². The highest BCUT2D eigenvalue weighted by Gasteiger charge is 2.32. The van der Waals surface area contributed by atoms with Crippen molar-refractivity contribution in [1.82, 2.24) is 5.32 Å². The fourth-order valence-corrected chi connectivity index (χ4v) is 1.92. The molecule has 1 heteroatoms. The highest BCUT2D eigenvalue weighted by atomic mass is 14.9. The summed E-state index contributed by atoms with van der Waals surface area (Å²) in [5, 5.41) is 3.37. The van der Waals surface area contributed by atoms with Gasteiger partial charge in [0.05, 0.1) is 0 Å². The van der Waals surface area contributed by atoms with Crippen molar-refractivity contribution in [2.24, 2.45) is 11.3 Å². The molecule has 11 heavy (non-hydrogen) atoms. The van der Waals surface area contributed by atoms with E-state index < -0.39 is 0 Å². The Morgan fingerprint density at radius 3 is 2.45 bits per heavy atom. The van der Waals surface area contributed by atoms with Crippen LogP contribution in [0.5, 0.6) is 0 Å². The number of hydrogen-bond donors (Lipinski definition) is 1. The van der Waals surface area contributed by atoms with Gasteiger partial charge in [0.1, 0.15) is 0 Å². The molecule has 1 rings (SSSR count). The summed E-state index contributed by atoms with van der Waals surface area (Å²) in [6.45, 7) is 7.16. The van der Waals surface area contributed by atoms with Crippen molar-refractivity contribution in [3.63, 3.8) is 0 Å². The van der Waals surface area contributed by atoms with E-state index in [4.69, 9.17) is 0 Å². The zero-order chi connectivity index (χ0) is 8.48. The molecule has 0 aromatic carbocycles. The van der Waals surface area contributed by atoms with Crippen molar-refractivity contribution >= 4 is 0 Å². The van der Waals surface area contributed by atoms with Crippen LogP contribution in [0.15, 0.2) is 0 Å². The van der Waals surface area contributed by atoms with E-state index in [0.29, 0.717) is 5.41 Å². The molecule has 1 aliphatic carbocycles. The van der Waals surface area contributed by atoms with E-state index in [9.17, 15) is 0 Å². The quantitative estimate of drug-likeness (QED) is 0.613. The summed E-state index contributed by atoms with van der Waals surface area (Å²) < 4.78 is 0. The lowest BCUT2D eigenvalue weighted by atomic mass is 9.68. The summed E-state index contributed by atoms with van der Waals surface area (Å²) in [5.74, 6) is 0.869. The van der Waals surface area contributed by atoms with Gasteiger partial charge in [-0.25, -0.2) is 0 Å². The van der Waals surface area contributed by atoms with Crippen LogP contribution >= 0.6 is 0 Å². The molecular formula is C10H21N. The van der Waals surface area contributed by atoms with Crippen LogP contribution in [0.4, 0.5) is 0 Å². The van der Waals surface area contributed by atoms with Crippen LogP contribution in [0.1, 0.15) is 40.0 Å². The fourth-order valence-electron chi connectivity index (χ4n) is 1.92. The van der Waals surface area contributed by atoms with Crippen LogP contribution in [0.3, 0.4) is 0 Å². The number of nitrogens with one attached hydrogen (secondary N) is 1. The monoisotopic (exact) mass is 155 g/mol. The minimum atomic E-state index is 0.577. The van der Waals surface area contributed by atoms with E-state index in [1.165, 1.54) is 19.3 Å². The molecule has 66 valence electrons. The highest BCUT2D eigenvalue weighted by molar-refractivity contribution is 4.86. The van der Waals surface area contributed by atoms with Gasteiger partial charge in [0.2, 0.25) is 0 Å². The normalized spacial score (nSPS) is 37.1. The molecule has 2 atom stereocenters. The van der Waals surface area contributed by atoms with Crippen LogP contribution in [0, 0.1) is 11.3 Å². The molecule has 1 N–H and O–H groups in total. The topological polar surface area (TPSA) is 12.0 Å². The van der Waals surface area contributed by atoms with Gasteiger partial charge in [0.15, 0.2) is 0 Å². The summed E-state index contributed by atoms with van der Waals surface area (Å²) in [6.07, 6.45) is 4.08. The molecule has 0 aliphatic heterocycles. The molecule has 0 bridgehead atoms. The maximum absolute atomic E-state index is 3.37. The van der Waals surface area contributed by atoms with E-state index in [1.807, 2.05) is 0 Å². The number of hydrogen-bond acceptors (Lipinski definition) is 1. The number of rotatable bonds is 1. The molecule has 0 aromatic rings. The third kappa shape index (κ3) is 1.96. The second-order valence-corrected chi connectivity index (χ2v) is 4.65. The first-order valence-corrected chi connectivity index (χ1v) is 4.73. The maximum Gasteiger partial charge on any atom is 0.00670 e. The summed E-state index contributed by atoms with van der Waals surface area (Å²) >= 11 is 0. The highest BCUT2D eigenvalue weighted by Crippen LogP contribution is 2.39. The van der Waals surface area contributed by atoms with E-state index in [-0.39, 0.29) is 0 Å². The molecule has 2 unspecified atom stereocenters. The predicted octanol–water partition coefficient (Wildman–Crippen LogP) is 2.42. The summed E-state index contributed by atoms with van der Waals surface area (Å²) in [5.41, 5.74) is 0.577. The van der Waals surface area contributed by atoms with Crippen molar-refractivity contribution in [2.45, 2.75) is 46.1 Å². The molecule has 0 radical (unpaired) electrons. The molecular weight excluding hydrogens is 134 g/mol. The Kier molecular flexibility index (Phi) is 2.58. The van der Waals surface area contributed by atoms with Crippen molar-refractivity contribution in [2.75, 3.05) is 7.05 Å². The zero-order valence-corrected chi connectivity index (χ0v) is 8.28. The first-order valence-electron chi connectivity index (χ1n) is 4.73. The van der Waals surface area contributed by atoms with Gasteiger partial charge in [0, 0.05) is 6.04 Å². The molecule has 1 saturated carbocycles. The Balaban J connectivity index is 2.48. The molecule has 1 fully saturated rings. The van der Waals surface area contributed by atoms with Crippen LogP contribution in [0.25, 0.3) is 0 Å². The predicted molar refractivity (Wildman–Crippen MR) is 49.6 cm³/mol. The summed E-state index contributed by atoms with van der Waals surface area (Å²) in [4.78, 5) is 0. The SMILES string of the molecule is CNC1CCC(C)(C)C(C)C1. The zero-order valence-electron chi connectivity index (χ0n) is 8.28. The van der Waals surface area contributed by atoms with Crippen molar-refractivity contribution < 1.29 is 0 Å². The van der Waals surface area contributed by atoms with E-state index in [1.54, 1.807) is 0 Å². The molecule has 0 amide bonds. The average molecular weight is 155 g/mol. The minimum absolute atomic E-state index is 0.577. The lowest BCUT2D eigenvalue weighted by Gasteiger charge is -2.40. The third-order valence-electron chi connectivity index (χ3n) is 3.52. The van der Waals surface area contributed by atoms with Gasteiger partial charge >= 0.3 is 0 Å². The molecule has 1 nitrogen and oxygen atoms in total. The lowest BCUT2D eigenvalue weighted by molar-refractivity contribution is 0.129. The smallest absolute Gasteiger partial charge is 0.00670 e. The Bertz CT molecular complexity index is 129. The maximum atomic E-state index is 3.37. The van der Waals surface area contributed by atoms with E-state index in [2.05, 4.69) is 33.1 Å². The average Bonchev–Trinajstić information content (AvgIpc) is 1.95. The first-order chi connectivity index (χ1) is 5.06. The van der Waals surface area contributed by atoms with E-state index in [0.717, 1.165) is 12.0 Å². The van der Waals surface area contributed by atoms with Gasteiger partial charge in [-0.1, -0.05) is 20.8 Å². The van der Waals surface area contributed by atoms with Crippen molar-refractivity contribution in [3.05, 3.63) is 0 Å². The molecule has 0 spiro atoms.